The first-order valence-corrected chi connectivity index (χ1v) is 4.36. The van der Waals surface area contributed by atoms with E-state index < -0.39 is 0 Å². The van der Waals surface area contributed by atoms with Crippen molar-refractivity contribution in [3.05, 3.63) is 0 Å². The molecule has 0 N–H and O–H groups in total. The van der Waals surface area contributed by atoms with Crippen LogP contribution in [-0.4, -0.2) is 29.0 Å². The molecule has 0 aliphatic carbocycles. The lowest BCUT2D eigenvalue weighted by molar-refractivity contribution is 0.286. The van der Waals surface area contributed by atoms with Crippen LogP contribution in [0.2, 0.25) is 0 Å². The number of likely N-dealkylation sites (tertiary alicyclic amines) is 1. The van der Waals surface area contributed by atoms with Gasteiger partial charge in [0, 0.05) is 3.92 Å². The maximum atomic E-state index is 2.54. The highest BCUT2D eigenvalue weighted by molar-refractivity contribution is 14.1. The van der Waals surface area contributed by atoms with Crippen molar-refractivity contribution in [3.63, 3.8) is 0 Å². The summed E-state index contributed by atoms with van der Waals surface area (Å²) in [5.41, 5.74) is 0. The normalized spacial score (nSPS) is 26.2. The SMILES string of the molecule is CN1CCC(I)CC1. The fourth-order valence-corrected chi connectivity index (χ4v) is 1.53. The summed E-state index contributed by atoms with van der Waals surface area (Å²) in [7, 11) is 2.20. The molecule has 1 saturated heterocycles. The lowest BCUT2D eigenvalue weighted by Gasteiger charge is -2.25. The standard InChI is InChI=1S/C6H12IN/c1-8-4-2-6(7)3-5-8/h6H,2-5H2,1H3. The molecule has 1 rings (SSSR count). The van der Waals surface area contributed by atoms with Crippen molar-refractivity contribution in [2.24, 2.45) is 0 Å². The van der Waals surface area contributed by atoms with Gasteiger partial charge in [-0.2, -0.15) is 0 Å². The van der Waals surface area contributed by atoms with Gasteiger partial charge in [0.25, 0.3) is 0 Å². The Hall–Kier alpha value is 0.690. The van der Waals surface area contributed by atoms with Crippen LogP contribution in [0.3, 0.4) is 0 Å². The van der Waals surface area contributed by atoms with Crippen LogP contribution in [0.5, 0.6) is 0 Å². The van der Waals surface area contributed by atoms with E-state index in [9.17, 15) is 0 Å². The molecule has 0 bridgehead atoms. The van der Waals surface area contributed by atoms with Crippen LogP contribution < -0.4 is 0 Å². The number of hydrogen-bond acceptors (Lipinski definition) is 1. The highest BCUT2D eigenvalue weighted by Crippen LogP contribution is 2.15. The summed E-state index contributed by atoms with van der Waals surface area (Å²) in [5.74, 6) is 0. The van der Waals surface area contributed by atoms with Crippen LogP contribution in [0.4, 0.5) is 0 Å². The lowest BCUT2D eigenvalue weighted by Crippen LogP contribution is -2.30. The maximum Gasteiger partial charge on any atom is 0.0134 e. The molecular formula is C6H12IN. The Morgan fingerprint density at radius 1 is 1.38 bits per heavy atom. The lowest BCUT2D eigenvalue weighted by atomic mass is 10.1. The van der Waals surface area contributed by atoms with E-state index in [-0.39, 0.29) is 0 Å². The first-order valence-electron chi connectivity index (χ1n) is 3.11. The molecule has 1 fully saturated rings. The summed E-state index contributed by atoms with van der Waals surface area (Å²) in [5, 5.41) is 0. The molecule has 1 aliphatic heterocycles. The Bertz CT molecular complexity index is 56.9. The molecule has 0 saturated carbocycles. The number of rotatable bonds is 0. The second kappa shape index (κ2) is 3.01. The van der Waals surface area contributed by atoms with Crippen LogP contribution in [0.15, 0.2) is 0 Å². The van der Waals surface area contributed by atoms with Gasteiger partial charge in [-0.05, 0) is 33.0 Å². The van der Waals surface area contributed by atoms with Crippen molar-refractivity contribution in [2.45, 2.75) is 16.8 Å². The molecular weight excluding hydrogens is 213 g/mol. The van der Waals surface area contributed by atoms with Crippen LogP contribution in [0.1, 0.15) is 12.8 Å². The van der Waals surface area contributed by atoms with Crippen molar-refractivity contribution in [1.29, 1.82) is 0 Å². The largest absolute Gasteiger partial charge is 0.306 e. The number of piperidine rings is 1. The van der Waals surface area contributed by atoms with Gasteiger partial charge in [0.2, 0.25) is 0 Å². The molecule has 2 heteroatoms. The molecule has 0 amide bonds. The van der Waals surface area contributed by atoms with Crippen LogP contribution in [-0.2, 0) is 0 Å². The molecule has 1 nitrogen and oxygen atoms in total. The van der Waals surface area contributed by atoms with Gasteiger partial charge in [-0.3, -0.25) is 0 Å². The van der Waals surface area contributed by atoms with Crippen LogP contribution in [0, 0.1) is 0 Å². The number of nitrogens with zero attached hydrogens (tertiary/aromatic N) is 1. The van der Waals surface area contributed by atoms with Gasteiger partial charge in [-0.1, -0.05) is 22.6 Å². The molecule has 0 unspecified atom stereocenters. The van der Waals surface area contributed by atoms with E-state index in [0.717, 1.165) is 3.92 Å². The maximum absolute atomic E-state index is 2.54. The Labute approximate surface area is 64.6 Å². The zero-order chi connectivity index (χ0) is 5.98. The average molecular weight is 225 g/mol. The van der Waals surface area contributed by atoms with Crippen molar-refractivity contribution in [2.75, 3.05) is 20.1 Å². The minimum Gasteiger partial charge on any atom is -0.306 e. The number of halogens is 1. The predicted molar refractivity (Wildman–Crippen MR) is 44.5 cm³/mol. The van der Waals surface area contributed by atoms with Gasteiger partial charge in [0.1, 0.15) is 0 Å². The third kappa shape index (κ3) is 1.90. The number of hydrogen-bond donors (Lipinski definition) is 0. The van der Waals surface area contributed by atoms with Gasteiger partial charge in [-0.15, -0.1) is 0 Å². The summed E-state index contributed by atoms with van der Waals surface area (Å²) >= 11 is 2.54. The van der Waals surface area contributed by atoms with Crippen LogP contribution in [0.25, 0.3) is 0 Å². The van der Waals surface area contributed by atoms with Gasteiger partial charge < -0.3 is 4.90 Å². The zero-order valence-electron chi connectivity index (χ0n) is 5.23. The molecule has 0 aromatic heterocycles. The molecule has 0 spiro atoms. The third-order valence-corrected chi connectivity index (χ3v) is 2.89. The first kappa shape index (κ1) is 6.81. The molecule has 8 heavy (non-hydrogen) atoms. The molecule has 0 radical (unpaired) electrons. The molecule has 0 aromatic rings. The van der Waals surface area contributed by atoms with E-state index in [1.165, 1.54) is 25.9 Å². The number of alkyl halides is 1. The fourth-order valence-electron chi connectivity index (χ4n) is 0.977. The van der Waals surface area contributed by atoms with E-state index in [1.54, 1.807) is 0 Å². The average Bonchev–Trinajstić information content (AvgIpc) is 1.77. The topological polar surface area (TPSA) is 3.24 Å². The van der Waals surface area contributed by atoms with Gasteiger partial charge in [0.05, 0.1) is 0 Å². The van der Waals surface area contributed by atoms with E-state index in [4.69, 9.17) is 0 Å². The molecule has 0 aromatic carbocycles. The molecule has 0 atom stereocenters. The molecule has 1 heterocycles. The highest BCUT2D eigenvalue weighted by atomic mass is 127. The minimum absolute atomic E-state index is 0.948. The summed E-state index contributed by atoms with van der Waals surface area (Å²) in [6.45, 7) is 2.60. The predicted octanol–water partition coefficient (Wildman–Crippen LogP) is 1.52. The summed E-state index contributed by atoms with van der Waals surface area (Å²) in [6, 6.07) is 0. The monoisotopic (exact) mass is 225 g/mol. The van der Waals surface area contributed by atoms with Crippen molar-refractivity contribution < 1.29 is 0 Å². The molecule has 48 valence electrons. The van der Waals surface area contributed by atoms with E-state index in [2.05, 4.69) is 34.5 Å². The smallest absolute Gasteiger partial charge is 0.0134 e. The minimum atomic E-state index is 0.948. The van der Waals surface area contributed by atoms with Gasteiger partial charge in [-0.25, -0.2) is 0 Å². The van der Waals surface area contributed by atoms with Crippen molar-refractivity contribution >= 4 is 22.6 Å². The Morgan fingerprint density at radius 3 is 2.25 bits per heavy atom. The zero-order valence-corrected chi connectivity index (χ0v) is 7.39. The highest BCUT2D eigenvalue weighted by Gasteiger charge is 2.12. The Morgan fingerprint density at radius 2 is 1.88 bits per heavy atom. The summed E-state index contributed by atoms with van der Waals surface area (Å²) < 4.78 is 0.948. The molecule has 1 aliphatic rings. The van der Waals surface area contributed by atoms with Crippen molar-refractivity contribution in [3.8, 4) is 0 Å². The third-order valence-electron chi connectivity index (χ3n) is 1.65. The fraction of sp³-hybridized carbons (Fsp3) is 1.00. The van der Waals surface area contributed by atoms with Gasteiger partial charge in [0.15, 0.2) is 0 Å². The van der Waals surface area contributed by atoms with E-state index >= 15 is 0 Å². The van der Waals surface area contributed by atoms with Crippen molar-refractivity contribution in [1.82, 2.24) is 4.90 Å². The summed E-state index contributed by atoms with van der Waals surface area (Å²) in [4.78, 5) is 2.40. The summed E-state index contributed by atoms with van der Waals surface area (Å²) in [6.07, 6.45) is 2.77. The second-order valence-corrected chi connectivity index (χ2v) is 4.24. The quantitative estimate of drug-likeness (QED) is 0.446. The Balaban J connectivity index is 2.19. The Kier molecular flexibility index (Phi) is 2.56. The van der Waals surface area contributed by atoms with Gasteiger partial charge >= 0.3 is 0 Å². The van der Waals surface area contributed by atoms with E-state index in [1.807, 2.05) is 0 Å². The second-order valence-electron chi connectivity index (χ2n) is 2.48. The van der Waals surface area contributed by atoms with Crippen LogP contribution >= 0.6 is 22.6 Å². The first-order chi connectivity index (χ1) is 3.79. The van der Waals surface area contributed by atoms with E-state index in [0.29, 0.717) is 0 Å².